The molecule has 0 fully saturated rings. The van der Waals surface area contributed by atoms with Gasteiger partial charge < -0.3 is 20.9 Å². The van der Waals surface area contributed by atoms with E-state index in [2.05, 4.69) is 5.32 Å². The van der Waals surface area contributed by atoms with E-state index in [0.717, 1.165) is 24.3 Å². The lowest BCUT2D eigenvalue weighted by molar-refractivity contribution is -0.137. The van der Waals surface area contributed by atoms with Crippen molar-refractivity contribution >= 4 is 11.8 Å². The van der Waals surface area contributed by atoms with Gasteiger partial charge in [0.05, 0.1) is 12.7 Å². The molecular formula is C19H19F3N2O4. The second kappa shape index (κ2) is 8.75. The summed E-state index contributed by atoms with van der Waals surface area (Å²) in [6.07, 6.45) is -6.23. The summed E-state index contributed by atoms with van der Waals surface area (Å²) in [4.78, 5) is 23.9. The van der Waals surface area contributed by atoms with E-state index in [1.807, 2.05) is 0 Å². The monoisotopic (exact) mass is 396 g/mol. The summed E-state index contributed by atoms with van der Waals surface area (Å²) in [5, 5.41) is 12.4. The van der Waals surface area contributed by atoms with Gasteiger partial charge in [0.15, 0.2) is 6.10 Å². The Morgan fingerprint density at radius 3 is 2.36 bits per heavy atom. The molecule has 4 N–H and O–H groups in total. The minimum atomic E-state index is -4.53. The summed E-state index contributed by atoms with van der Waals surface area (Å²) in [5.41, 5.74) is 5.03. The molecule has 0 saturated heterocycles. The van der Waals surface area contributed by atoms with Crippen molar-refractivity contribution in [3.63, 3.8) is 0 Å². The zero-order valence-electron chi connectivity index (χ0n) is 14.9. The molecule has 28 heavy (non-hydrogen) atoms. The van der Waals surface area contributed by atoms with Crippen LogP contribution in [0.3, 0.4) is 0 Å². The van der Waals surface area contributed by atoms with E-state index in [1.165, 1.54) is 7.11 Å². The van der Waals surface area contributed by atoms with Crippen LogP contribution >= 0.6 is 0 Å². The van der Waals surface area contributed by atoms with Crippen molar-refractivity contribution in [3.05, 3.63) is 65.2 Å². The Balaban J connectivity index is 2.09. The number of carbonyl (C=O) groups is 2. The number of amides is 2. The summed E-state index contributed by atoms with van der Waals surface area (Å²) in [5.74, 6) is -1.22. The van der Waals surface area contributed by atoms with Crippen LogP contribution < -0.4 is 15.8 Å². The third-order valence-corrected chi connectivity index (χ3v) is 4.04. The quantitative estimate of drug-likeness (QED) is 0.666. The Bertz CT molecular complexity index is 838. The Morgan fingerprint density at radius 2 is 1.82 bits per heavy atom. The lowest BCUT2D eigenvalue weighted by Gasteiger charge is -2.19. The van der Waals surface area contributed by atoms with Crippen molar-refractivity contribution in [2.45, 2.75) is 24.7 Å². The molecule has 0 aromatic heterocycles. The summed E-state index contributed by atoms with van der Waals surface area (Å²) in [6, 6.07) is 9.15. The van der Waals surface area contributed by atoms with E-state index < -0.39 is 35.7 Å². The van der Waals surface area contributed by atoms with Crippen molar-refractivity contribution in [3.8, 4) is 5.75 Å². The van der Waals surface area contributed by atoms with E-state index in [-0.39, 0.29) is 12.0 Å². The molecule has 2 atom stereocenters. The van der Waals surface area contributed by atoms with E-state index in [1.54, 1.807) is 24.3 Å². The molecule has 0 spiro atoms. The maximum absolute atomic E-state index is 12.6. The highest BCUT2D eigenvalue weighted by Gasteiger charge is 2.31. The second-order valence-electron chi connectivity index (χ2n) is 6.04. The molecule has 2 aromatic carbocycles. The predicted octanol–water partition coefficient (Wildman–Crippen LogP) is 1.96. The minimum absolute atomic E-state index is 0.0462. The Morgan fingerprint density at radius 1 is 1.18 bits per heavy atom. The number of ether oxygens (including phenoxy) is 1. The highest BCUT2D eigenvalue weighted by Crippen LogP contribution is 2.30. The van der Waals surface area contributed by atoms with Gasteiger partial charge >= 0.3 is 6.18 Å². The van der Waals surface area contributed by atoms with Crippen LogP contribution in [0.5, 0.6) is 5.75 Å². The molecule has 0 unspecified atom stereocenters. The number of halogens is 3. The van der Waals surface area contributed by atoms with Crippen LogP contribution in [0.25, 0.3) is 0 Å². The van der Waals surface area contributed by atoms with Gasteiger partial charge in [-0.05, 0) is 35.4 Å². The molecule has 0 aliphatic rings. The van der Waals surface area contributed by atoms with Crippen LogP contribution in [0.2, 0.25) is 0 Å². The number of hydrogen-bond acceptors (Lipinski definition) is 4. The molecule has 0 aliphatic heterocycles. The van der Waals surface area contributed by atoms with Gasteiger partial charge in [-0.15, -0.1) is 0 Å². The molecule has 2 rings (SSSR count). The average molecular weight is 396 g/mol. The van der Waals surface area contributed by atoms with E-state index >= 15 is 0 Å². The van der Waals surface area contributed by atoms with Crippen molar-refractivity contribution in [2.75, 3.05) is 7.11 Å². The Kier molecular flexibility index (Phi) is 6.63. The van der Waals surface area contributed by atoms with Gasteiger partial charge in [0.1, 0.15) is 11.8 Å². The molecule has 150 valence electrons. The van der Waals surface area contributed by atoms with E-state index in [0.29, 0.717) is 11.3 Å². The second-order valence-corrected chi connectivity index (χ2v) is 6.04. The van der Waals surface area contributed by atoms with Gasteiger partial charge in [0.2, 0.25) is 5.91 Å². The van der Waals surface area contributed by atoms with Gasteiger partial charge in [-0.25, -0.2) is 0 Å². The molecule has 0 radical (unpaired) electrons. The number of carbonyl (C=O) groups excluding carboxylic acids is 2. The summed E-state index contributed by atoms with van der Waals surface area (Å²) in [6.45, 7) is 0. The number of aliphatic hydroxyl groups is 1. The van der Waals surface area contributed by atoms with Gasteiger partial charge in [-0.3, -0.25) is 9.59 Å². The van der Waals surface area contributed by atoms with Crippen molar-refractivity contribution in [1.82, 2.24) is 5.32 Å². The number of alkyl halides is 3. The fraction of sp³-hybridized carbons (Fsp3) is 0.263. The van der Waals surface area contributed by atoms with E-state index in [9.17, 15) is 27.9 Å². The number of hydrogen-bond donors (Lipinski definition) is 3. The minimum Gasteiger partial charge on any atom is -0.497 e. The predicted molar refractivity (Wildman–Crippen MR) is 94.2 cm³/mol. The first-order valence-electron chi connectivity index (χ1n) is 8.19. The number of aliphatic hydroxyl groups excluding tert-OH is 1. The molecule has 2 amide bonds. The standard InChI is InChI=1S/C19H19F3N2O4/c1-28-14-4-2-3-11(9-14)10-15(17(23)26)24-18(27)16(25)12-5-7-13(8-6-12)19(20,21)22/h2-9,15-16,25H,10H2,1H3,(H2,23,26)(H,24,27)/t15-,16+/m1/s1. The normalized spacial score (nSPS) is 13.5. The zero-order chi connectivity index (χ0) is 20.9. The molecule has 0 saturated carbocycles. The zero-order valence-corrected chi connectivity index (χ0v) is 14.9. The highest BCUT2D eigenvalue weighted by molar-refractivity contribution is 5.89. The third kappa shape index (κ3) is 5.46. The van der Waals surface area contributed by atoms with Crippen molar-refractivity contribution in [2.24, 2.45) is 5.73 Å². The summed E-state index contributed by atoms with van der Waals surface area (Å²) >= 11 is 0. The fourth-order valence-electron chi connectivity index (χ4n) is 2.51. The van der Waals surface area contributed by atoms with Gasteiger partial charge in [-0.1, -0.05) is 24.3 Å². The molecule has 6 nitrogen and oxygen atoms in total. The SMILES string of the molecule is COc1cccc(C[C@@H](NC(=O)[C@@H](O)c2ccc(C(F)(F)F)cc2)C(N)=O)c1. The molecule has 9 heteroatoms. The smallest absolute Gasteiger partial charge is 0.416 e. The maximum atomic E-state index is 12.6. The fourth-order valence-corrected chi connectivity index (χ4v) is 2.51. The molecule has 0 aliphatic carbocycles. The number of benzene rings is 2. The van der Waals surface area contributed by atoms with Crippen LogP contribution in [0.15, 0.2) is 48.5 Å². The Labute approximate surface area is 159 Å². The largest absolute Gasteiger partial charge is 0.497 e. The highest BCUT2D eigenvalue weighted by atomic mass is 19.4. The van der Waals surface area contributed by atoms with E-state index in [4.69, 9.17) is 10.5 Å². The van der Waals surface area contributed by atoms with Gasteiger partial charge in [0, 0.05) is 6.42 Å². The number of primary amides is 1. The molecular weight excluding hydrogens is 377 g/mol. The first-order chi connectivity index (χ1) is 13.1. The van der Waals surface area contributed by atoms with Gasteiger partial charge in [0.25, 0.3) is 5.91 Å². The average Bonchev–Trinajstić information content (AvgIpc) is 2.66. The lowest BCUT2D eigenvalue weighted by Crippen LogP contribution is -2.47. The van der Waals surface area contributed by atoms with Crippen LogP contribution in [0, 0.1) is 0 Å². The van der Waals surface area contributed by atoms with Crippen molar-refractivity contribution < 1.29 is 32.6 Å². The summed E-state index contributed by atoms with van der Waals surface area (Å²) in [7, 11) is 1.48. The number of nitrogens with one attached hydrogen (secondary N) is 1. The molecule has 0 heterocycles. The number of rotatable bonds is 7. The van der Waals surface area contributed by atoms with Crippen LogP contribution in [0.1, 0.15) is 22.8 Å². The number of methoxy groups -OCH3 is 1. The summed E-state index contributed by atoms with van der Waals surface area (Å²) < 4.78 is 42.9. The van der Waals surface area contributed by atoms with Crippen LogP contribution in [-0.4, -0.2) is 30.1 Å². The topological polar surface area (TPSA) is 102 Å². The Hall–Kier alpha value is -3.07. The first kappa shape index (κ1) is 21.2. The third-order valence-electron chi connectivity index (χ3n) is 4.04. The molecule has 2 aromatic rings. The van der Waals surface area contributed by atoms with Crippen LogP contribution in [0.4, 0.5) is 13.2 Å². The van der Waals surface area contributed by atoms with Gasteiger partial charge in [-0.2, -0.15) is 13.2 Å². The number of nitrogens with two attached hydrogens (primary N) is 1. The van der Waals surface area contributed by atoms with Crippen molar-refractivity contribution in [1.29, 1.82) is 0 Å². The van der Waals surface area contributed by atoms with Crippen LogP contribution in [-0.2, 0) is 22.2 Å². The maximum Gasteiger partial charge on any atom is 0.416 e. The molecule has 0 bridgehead atoms. The first-order valence-corrected chi connectivity index (χ1v) is 8.19. The lowest BCUT2D eigenvalue weighted by atomic mass is 10.0.